The van der Waals surface area contributed by atoms with Crippen LogP contribution in [0, 0.1) is 11.5 Å². The largest absolute Gasteiger partial charge is 0.508 e. The van der Waals surface area contributed by atoms with Crippen molar-refractivity contribution in [2.45, 2.75) is 82.6 Å². The van der Waals surface area contributed by atoms with E-state index in [1.807, 2.05) is 24.5 Å². The number of anilines is 1. The number of fused-ring (bicyclic) bond motifs is 4. The van der Waals surface area contributed by atoms with Gasteiger partial charge >= 0.3 is 0 Å². The van der Waals surface area contributed by atoms with E-state index in [9.17, 15) is 5.11 Å². The Morgan fingerprint density at radius 2 is 1.95 bits per heavy atom. The molecule has 0 aliphatic carbocycles. The molecule has 232 valence electrons. The molecule has 0 amide bonds. The Balaban J connectivity index is 1.42. The third-order valence-corrected chi connectivity index (χ3v) is 16.5. The van der Waals surface area contributed by atoms with Crippen LogP contribution in [0.5, 0.6) is 5.75 Å². The van der Waals surface area contributed by atoms with Gasteiger partial charge in [-0.05, 0) is 59.1 Å². The number of ether oxygens (including phenoxy) is 1. The molecule has 2 aromatic carbocycles. The number of piperazine rings is 1. The standard InChI is InChI=1S/C36H47N5O2Si/c1-24(2)44(25(3)4,26(5)6)14-12-27-9-8-10-28-15-31(42)16-32(35(27)28)33-17-34-29(19-38-33)18-37-23-41(34)40-20-30-11-13-36(21-40,39-30)22-43-7/h8-10,15-19,24-26,30,39,42H,11,13,20-23H2,1-7H3/i7D3. The van der Waals surface area contributed by atoms with Gasteiger partial charge in [-0.15, -0.1) is 5.54 Å². The fraction of sp³-hybridized carbons (Fsp3) is 0.500. The van der Waals surface area contributed by atoms with E-state index in [2.05, 4.69) is 85.5 Å². The van der Waals surface area contributed by atoms with Crippen LogP contribution in [0.25, 0.3) is 22.0 Å². The SMILES string of the molecule is [2H]C([2H])([2H])OCC12CCC(CN(N3CN=Cc4cnc(-c5cc(O)cc6cccc(C#C[Si](C(C)C)(C(C)C)C(C)C)c56)cc43)C1)N2. The van der Waals surface area contributed by atoms with Gasteiger partial charge in [-0.1, -0.05) is 59.6 Å². The zero-order valence-electron chi connectivity index (χ0n) is 29.8. The molecule has 0 radical (unpaired) electrons. The number of hydrogen-bond donors (Lipinski definition) is 2. The molecule has 2 atom stereocenters. The second kappa shape index (κ2) is 11.9. The molecule has 44 heavy (non-hydrogen) atoms. The number of hydrogen-bond acceptors (Lipinski definition) is 7. The first kappa shape index (κ1) is 27.1. The zero-order valence-corrected chi connectivity index (χ0v) is 27.8. The Kier molecular flexibility index (Phi) is 7.36. The van der Waals surface area contributed by atoms with E-state index in [1.165, 1.54) is 0 Å². The zero-order chi connectivity index (χ0) is 33.7. The van der Waals surface area contributed by atoms with Gasteiger partial charge in [0.25, 0.3) is 0 Å². The number of nitrogens with one attached hydrogen (secondary N) is 1. The first-order valence-corrected chi connectivity index (χ1v) is 18.2. The summed E-state index contributed by atoms with van der Waals surface area (Å²) in [6.45, 7) is 15.9. The number of aromatic nitrogens is 1. The van der Waals surface area contributed by atoms with Crippen LogP contribution in [0.15, 0.2) is 47.6 Å². The third kappa shape index (κ3) is 5.34. The smallest absolute Gasteiger partial charge is 0.146 e. The highest BCUT2D eigenvalue weighted by molar-refractivity contribution is 6.90. The number of nitrogens with zero attached hydrogens (tertiary/aromatic N) is 4. The summed E-state index contributed by atoms with van der Waals surface area (Å²) < 4.78 is 28.1. The third-order valence-electron chi connectivity index (χ3n) is 10.2. The molecule has 3 aliphatic rings. The van der Waals surface area contributed by atoms with E-state index in [4.69, 9.17) is 13.8 Å². The lowest BCUT2D eigenvalue weighted by atomic mass is 9.96. The van der Waals surface area contributed by atoms with Crippen LogP contribution in [0.4, 0.5) is 5.69 Å². The summed E-state index contributed by atoms with van der Waals surface area (Å²) in [4.78, 5) is 9.55. The Morgan fingerprint density at radius 1 is 1.16 bits per heavy atom. The maximum absolute atomic E-state index is 10.9. The predicted octanol–water partition coefficient (Wildman–Crippen LogP) is 6.74. The minimum Gasteiger partial charge on any atom is -0.508 e. The lowest BCUT2D eigenvalue weighted by Gasteiger charge is -2.46. The number of hydrazine groups is 1. The molecule has 3 aliphatic heterocycles. The number of phenols is 1. The van der Waals surface area contributed by atoms with Gasteiger partial charge in [-0.2, -0.15) is 0 Å². The van der Waals surface area contributed by atoms with Crippen LogP contribution in [0.2, 0.25) is 16.6 Å². The maximum Gasteiger partial charge on any atom is 0.146 e. The van der Waals surface area contributed by atoms with E-state index in [0.717, 1.165) is 58.2 Å². The van der Waals surface area contributed by atoms with E-state index >= 15 is 0 Å². The van der Waals surface area contributed by atoms with Crippen molar-refractivity contribution in [1.82, 2.24) is 15.3 Å². The van der Waals surface area contributed by atoms with Gasteiger partial charge in [-0.25, -0.2) is 5.01 Å². The molecule has 2 N–H and O–H groups in total. The van der Waals surface area contributed by atoms with E-state index in [-0.39, 0.29) is 18.4 Å². The van der Waals surface area contributed by atoms with Crippen molar-refractivity contribution >= 4 is 30.7 Å². The van der Waals surface area contributed by atoms with Gasteiger partial charge in [0, 0.05) is 60.7 Å². The number of methoxy groups -OCH3 is 1. The molecule has 2 unspecified atom stereocenters. The van der Waals surface area contributed by atoms with Crippen molar-refractivity contribution in [3.8, 4) is 28.5 Å². The predicted molar refractivity (Wildman–Crippen MR) is 184 cm³/mol. The van der Waals surface area contributed by atoms with Gasteiger partial charge in [0.15, 0.2) is 0 Å². The number of aliphatic imine (C=N–C) groups is 1. The molecule has 0 saturated carbocycles. The van der Waals surface area contributed by atoms with Gasteiger partial charge < -0.3 is 15.2 Å². The lowest BCUT2D eigenvalue weighted by molar-refractivity contribution is 0.0560. The normalized spacial score (nSPS) is 23.1. The summed E-state index contributed by atoms with van der Waals surface area (Å²) in [6, 6.07) is 12.0. The van der Waals surface area contributed by atoms with Crippen molar-refractivity contribution in [3.63, 3.8) is 0 Å². The number of aromatic hydroxyl groups is 1. The first-order chi connectivity index (χ1) is 22.2. The highest BCUT2D eigenvalue weighted by Crippen LogP contribution is 2.42. The van der Waals surface area contributed by atoms with Crippen molar-refractivity contribution in [2.75, 3.05) is 38.4 Å². The van der Waals surface area contributed by atoms with E-state index in [1.54, 1.807) is 12.1 Å². The summed E-state index contributed by atoms with van der Waals surface area (Å²) in [5.41, 5.74) is 9.42. The van der Waals surface area contributed by atoms with Crippen LogP contribution in [-0.2, 0) is 4.74 Å². The van der Waals surface area contributed by atoms with Gasteiger partial charge in [-0.3, -0.25) is 15.0 Å². The summed E-state index contributed by atoms with van der Waals surface area (Å²) in [7, 11) is -4.42. The highest BCUT2D eigenvalue weighted by atomic mass is 28.3. The molecule has 7 nitrogen and oxygen atoms in total. The Labute approximate surface area is 267 Å². The monoisotopic (exact) mass is 612 g/mol. The van der Waals surface area contributed by atoms with Crippen LogP contribution in [0.1, 0.15) is 69.6 Å². The number of phenolic OH excluding ortho intramolecular Hbond substituents is 1. The van der Waals surface area contributed by atoms with E-state index in [0.29, 0.717) is 29.8 Å². The molecule has 6 rings (SSSR count). The van der Waals surface area contributed by atoms with Gasteiger partial charge in [0.2, 0.25) is 0 Å². The molecule has 4 heterocycles. The average molecular weight is 613 g/mol. The van der Waals surface area contributed by atoms with Crippen LogP contribution in [0.3, 0.4) is 0 Å². The molecule has 1 aromatic heterocycles. The Bertz CT molecular complexity index is 1730. The number of rotatable bonds is 7. The highest BCUT2D eigenvalue weighted by Gasteiger charge is 2.46. The minimum absolute atomic E-state index is 0.121. The molecular weight excluding hydrogens is 563 g/mol. The van der Waals surface area contributed by atoms with Crippen molar-refractivity contribution < 1.29 is 14.0 Å². The maximum atomic E-state index is 10.9. The fourth-order valence-electron chi connectivity index (χ4n) is 8.23. The number of benzene rings is 2. The summed E-state index contributed by atoms with van der Waals surface area (Å²) in [6.07, 6.45) is 5.52. The van der Waals surface area contributed by atoms with Crippen molar-refractivity contribution in [1.29, 1.82) is 0 Å². The second-order valence-electron chi connectivity index (χ2n) is 13.8. The molecule has 2 bridgehead atoms. The van der Waals surface area contributed by atoms with Crippen molar-refractivity contribution in [2.24, 2.45) is 4.99 Å². The topological polar surface area (TPSA) is 73.2 Å². The van der Waals surface area contributed by atoms with Crippen molar-refractivity contribution in [3.05, 3.63) is 53.7 Å². The summed E-state index contributed by atoms with van der Waals surface area (Å²) in [5.74, 6) is 3.85. The van der Waals surface area contributed by atoms with Gasteiger partial charge in [0.1, 0.15) is 20.5 Å². The fourth-order valence-corrected chi connectivity index (χ4v) is 13.4. The van der Waals surface area contributed by atoms with Crippen LogP contribution < -0.4 is 10.3 Å². The second-order valence-corrected chi connectivity index (χ2v) is 19.4. The first-order valence-electron chi connectivity index (χ1n) is 17.4. The molecule has 0 spiro atoms. The molecule has 2 saturated heterocycles. The summed E-state index contributed by atoms with van der Waals surface area (Å²) >= 11 is 0. The molecule has 2 fully saturated rings. The van der Waals surface area contributed by atoms with Crippen LogP contribution >= 0.6 is 0 Å². The Morgan fingerprint density at radius 3 is 2.70 bits per heavy atom. The van der Waals surface area contributed by atoms with Gasteiger partial charge in [0.05, 0.1) is 27.6 Å². The minimum atomic E-state index is -2.44. The quantitative estimate of drug-likeness (QED) is 0.227. The average Bonchev–Trinajstić information content (AvgIpc) is 3.31. The lowest BCUT2D eigenvalue weighted by Crippen LogP contribution is -2.65. The van der Waals surface area contributed by atoms with Crippen LogP contribution in [-0.4, -0.2) is 74.4 Å². The molecule has 8 heteroatoms. The molecule has 3 aromatic rings. The van der Waals surface area contributed by atoms with E-state index < -0.39 is 20.7 Å². The Hall–Kier alpha value is -3.22. The number of pyridine rings is 1. The summed E-state index contributed by atoms with van der Waals surface area (Å²) in [5, 5.41) is 20.9. The molecular formula is C36H47N5O2Si.